The zero-order valence-electron chi connectivity index (χ0n) is 20.8. The molecule has 1 saturated carbocycles. The Morgan fingerprint density at radius 2 is 1.81 bits per heavy atom. The van der Waals surface area contributed by atoms with Crippen LogP contribution < -0.4 is 4.90 Å². The van der Waals surface area contributed by atoms with Crippen molar-refractivity contribution in [2.75, 3.05) is 24.5 Å². The molecular formula is C26H27F3N6O2. The second-order valence-electron chi connectivity index (χ2n) is 10.4. The third-order valence-electron chi connectivity index (χ3n) is 6.46. The van der Waals surface area contributed by atoms with Crippen molar-refractivity contribution in [2.24, 2.45) is 4.99 Å². The van der Waals surface area contributed by atoms with Crippen molar-refractivity contribution in [3.05, 3.63) is 54.1 Å². The summed E-state index contributed by atoms with van der Waals surface area (Å²) in [6, 6.07) is 5.33. The first-order valence-electron chi connectivity index (χ1n) is 12.0. The molecule has 1 saturated heterocycles. The van der Waals surface area contributed by atoms with E-state index in [1.807, 2.05) is 0 Å². The normalized spacial score (nSPS) is 17.6. The highest BCUT2D eigenvalue weighted by Gasteiger charge is 2.55. The Kier molecular flexibility index (Phi) is 6.04. The van der Waals surface area contributed by atoms with Gasteiger partial charge in [-0.2, -0.15) is 13.2 Å². The zero-order valence-corrected chi connectivity index (χ0v) is 20.8. The lowest BCUT2D eigenvalue weighted by molar-refractivity contribution is -0.137. The molecule has 0 bridgehead atoms. The van der Waals surface area contributed by atoms with Gasteiger partial charge in [0.25, 0.3) is 0 Å². The number of rotatable bonds is 3. The molecule has 8 nitrogen and oxygen atoms in total. The topological polar surface area (TPSA) is 83.8 Å². The fourth-order valence-electron chi connectivity index (χ4n) is 4.62. The molecule has 3 aromatic rings. The van der Waals surface area contributed by atoms with E-state index < -0.39 is 29.0 Å². The molecule has 0 atom stereocenters. The Morgan fingerprint density at radius 3 is 2.49 bits per heavy atom. The molecule has 1 aromatic carbocycles. The summed E-state index contributed by atoms with van der Waals surface area (Å²) in [4.78, 5) is 32.9. The summed E-state index contributed by atoms with van der Waals surface area (Å²) in [6.07, 6.45) is 3.17. The lowest BCUT2D eigenvalue weighted by atomic mass is 10.1. The van der Waals surface area contributed by atoms with E-state index >= 15 is 0 Å². The lowest BCUT2D eigenvalue weighted by Crippen LogP contribution is -2.58. The molecule has 1 amide bonds. The monoisotopic (exact) mass is 512 g/mol. The van der Waals surface area contributed by atoms with E-state index in [-0.39, 0.29) is 31.0 Å². The minimum atomic E-state index is -4.62. The van der Waals surface area contributed by atoms with Gasteiger partial charge in [-0.05, 0) is 51.3 Å². The molecule has 0 radical (unpaired) electrons. The fourth-order valence-corrected chi connectivity index (χ4v) is 4.62. The Labute approximate surface area is 212 Å². The van der Waals surface area contributed by atoms with Crippen molar-refractivity contribution in [1.82, 2.24) is 19.9 Å². The quantitative estimate of drug-likeness (QED) is 0.438. The molecule has 5 rings (SSSR count). The van der Waals surface area contributed by atoms with Crippen LogP contribution in [0.3, 0.4) is 0 Å². The van der Waals surface area contributed by atoms with E-state index in [0.717, 1.165) is 6.20 Å². The van der Waals surface area contributed by atoms with Gasteiger partial charge in [-0.25, -0.2) is 4.79 Å². The van der Waals surface area contributed by atoms with E-state index in [0.29, 0.717) is 29.4 Å². The Balaban J connectivity index is 1.47. The van der Waals surface area contributed by atoms with Crippen LogP contribution in [0.5, 0.6) is 0 Å². The maximum atomic E-state index is 14.1. The predicted octanol–water partition coefficient (Wildman–Crippen LogP) is 5.38. The van der Waals surface area contributed by atoms with E-state index in [9.17, 15) is 18.0 Å². The maximum absolute atomic E-state index is 14.1. The van der Waals surface area contributed by atoms with Crippen LogP contribution in [0.25, 0.3) is 11.0 Å². The summed E-state index contributed by atoms with van der Waals surface area (Å²) < 4.78 is 47.9. The lowest BCUT2D eigenvalue weighted by Gasteiger charge is -2.44. The summed E-state index contributed by atoms with van der Waals surface area (Å²) in [5, 5.41) is 0. The number of carbonyl (C=O) groups excluding carboxylic acids is 1. The predicted molar refractivity (Wildman–Crippen MR) is 133 cm³/mol. The number of piperazine rings is 1. The maximum Gasteiger partial charge on any atom is 0.419 e. The standard InChI is InChI=1S/C26H27F3N6O2/c1-24(2,3)37-23(36)35-11-10-34(16-25(35)6-7-25)22-18(26(27,28)29)14-30-15-21(22)33-13-17-4-5-19-20(12-17)32-9-8-31-19/h4-5,8-9,12-15H,6-7,10-11,16H2,1-3H3/b33-13+. The van der Waals surface area contributed by atoms with Crippen molar-refractivity contribution in [1.29, 1.82) is 0 Å². The molecule has 0 N–H and O–H groups in total. The van der Waals surface area contributed by atoms with Crippen LogP contribution in [0, 0.1) is 0 Å². The van der Waals surface area contributed by atoms with Crippen LogP contribution in [0.2, 0.25) is 0 Å². The van der Waals surface area contributed by atoms with Gasteiger partial charge in [0.2, 0.25) is 0 Å². The van der Waals surface area contributed by atoms with Gasteiger partial charge in [-0.1, -0.05) is 6.07 Å². The van der Waals surface area contributed by atoms with Crippen LogP contribution in [0.15, 0.2) is 48.0 Å². The first-order valence-corrected chi connectivity index (χ1v) is 12.0. The highest BCUT2D eigenvalue weighted by atomic mass is 19.4. The van der Waals surface area contributed by atoms with E-state index in [1.165, 1.54) is 12.4 Å². The number of carbonyl (C=O) groups is 1. The minimum Gasteiger partial charge on any atom is -0.444 e. The molecule has 2 fully saturated rings. The number of halogens is 3. The molecule has 37 heavy (non-hydrogen) atoms. The van der Waals surface area contributed by atoms with Crippen molar-refractivity contribution in [3.8, 4) is 0 Å². The summed E-state index contributed by atoms with van der Waals surface area (Å²) in [6.45, 7) is 6.09. The Hall–Kier alpha value is -3.76. The van der Waals surface area contributed by atoms with E-state index in [4.69, 9.17) is 4.74 Å². The third kappa shape index (κ3) is 5.21. The first kappa shape index (κ1) is 24.9. The number of alkyl halides is 3. The van der Waals surface area contributed by atoms with E-state index in [1.54, 1.807) is 61.2 Å². The van der Waals surface area contributed by atoms with Gasteiger partial charge < -0.3 is 9.64 Å². The minimum absolute atomic E-state index is 0.0329. The van der Waals surface area contributed by atoms with Crippen molar-refractivity contribution >= 4 is 34.7 Å². The van der Waals surface area contributed by atoms with Gasteiger partial charge in [0.15, 0.2) is 0 Å². The SMILES string of the molecule is CC(C)(C)OC(=O)N1CCN(c2c(/N=C/c3ccc4nccnc4c3)cncc2C(F)(F)F)CC12CC2. The van der Waals surface area contributed by atoms with E-state index in [2.05, 4.69) is 19.9 Å². The van der Waals surface area contributed by atoms with Gasteiger partial charge in [0.05, 0.1) is 34.0 Å². The van der Waals surface area contributed by atoms with Crippen LogP contribution in [0.4, 0.5) is 29.3 Å². The number of aliphatic imine (C=N–C) groups is 1. The summed E-state index contributed by atoms with van der Waals surface area (Å²) in [7, 11) is 0. The molecule has 3 heterocycles. The van der Waals surface area contributed by atoms with Crippen molar-refractivity contribution in [2.45, 2.75) is 50.9 Å². The first-order chi connectivity index (χ1) is 17.5. The molecule has 194 valence electrons. The summed E-state index contributed by atoms with van der Waals surface area (Å²) in [5.74, 6) is 0. The van der Waals surface area contributed by atoms with Gasteiger partial charge in [0.1, 0.15) is 11.3 Å². The van der Waals surface area contributed by atoms with Gasteiger partial charge in [-0.3, -0.25) is 24.8 Å². The number of aromatic nitrogens is 3. The van der Waals surface area contributed by atoms with Crippen LogP contribution in [-0.2, 0) is 10.9 Å². The van der Waals surface area contributed by atoms with Crippen LogP contribution in [0.1, 0.15) is 44.7 Å². The number of nitrogens with zero attached hydrogens (tertiary/aromatic N) is 6. The molecule has 1 spiro atoms. The Bertz CT molecular complexity index is 1360. The number of hydrogen-bond acceptors (Lipinski definition) is 7. The molecular weight excluding hydrogens is 485 g/mol. The number of pyridine rings is 1. The molecule has 2 aliphatic rings. The molecule has 0 unspecified atom stereocenters. The fraction of sp³-hybridized carbons (Fsp3) is 0.423. The average molecular weight is 513 g/mol. The number of ether oxygens (including phenoxy) is 1. The summed E-state index contributed by atoms with van der Waals surface area (Å²) in [5.41, 5.74) is 0.0454. The molecule has 1 aliphatic heterocycles. The highest BCUT2D eigenvalue weighted by molar-refractivity contribution is 5.89. The van der Waals surface area contributed by atoms with Gasteiger partial charge in [-0.15, -0.1) is 0 Å². The number of anilines is 1. The van der Waals surface area contributed by atoms with Crippen LogP contribution >= 0.6 is 0 Å². The van der Waals surface area contributed by atoms with Gasteiger partial charge in [0, 0.05) is 44.4 Å². The highest BCUT2D eigenvalue weighted by Crippen LogP contribution is 2.49. The summed E-state index contributed by atoms with van der Waals surface area (Å²) >= 11 is 0. The number of fused-ring (bicyclic) bond motifs is 1. The largest absolute Gasteiger partial charge is 0.444 e. The van der Waals surface area contributed by atoms with Crippen molar-refractivity contribution in [3.63, 3.8) is 0 Å². The van der Waals surface area contributed by atoms with Crippen LogP contribution in [-0.4, -0.2) is 62.9 Å². The molecule has 1 aliphatic carbocycles. The van der Waals surface area contributed by atoms with Crippen molar-refractivity contribution < 1.29 is 22.7 Å². The Morgan fingerprint density at radius 1 is 1.08 bits per heavy atom. The average Bonchev–Trinajstić information content (AvgIpc) is 3.59. The van der Waals surface area contributed by atoms with Gasteiger partial charge >= 0.3 is 12.3 Å². The number of hydrogen-bond donors (Lipinski definition) is 0. The smallest absolute Gasteiger partial charge is 0.419 e. The molecule has 11 heteroatoms. The third-order valence-corrected chi connectivity index (χ3v) is 6.46. The number of amides is 1. The second kappa shape index (κ2) is 8.97. The zero-order chi connectivity index (χ0) is 26.4. The molecule has 2 aromatic heterocycles. The number of benzene rings is 1. The second-order valence-corrected chi connectivity index (χ2v) is 10.4.